The molecule has 1 aromatic rings. The van der Waals surface area contributed by atoms with E-state index >= 15 is 0 Å². The number of Topliss-reactive ketones (excluding diaryl/α,β-unsaturated/α-hetero) is 1. The molecule has 14 heavy (non-hydrogen) atoms. The fourth-order valence-electron chi connectivity index (χ4n) is 1.16. The van der Waals surface area contributed by atoms with Gasteiger partial charge in [0.15, 0.2) is 5.78 Å². The second-order valence-corrected chi connectivity index (χ2v) is 3.05. The van der Waals surface area contributed by atoms with Gasteiger partial charge in [0.1, 0.15) is 18.9 Å². The van der Waals surface area contributed by atoms with Crippen LogP contribution in [0.25, 0.3) is 0 Å². The predicted octanol–water partition coefficient (Wildman–Crippen LogP) is -0.664. The summed E-state index contributed by atoms with van der Waals surface area (Å²) < 4.78 is 2.42. The molecule has 1 rings (SSSR count). The predicted molar refractivity (Wildman–Crippen MR) is 45.3 cm³/mol. The van der Waals surface area contributed by atoms with Crippen molar-refractivity contribution in [2.45, 2.75) is 26.3 Å². The maximum absolute atomic E-state index is 11.2. The van der Waals surface area contributed by atoms with E-state index in [1.54, 1.807) is 0 Å². The Balaban J connectivity index is 2.59. The summed E-state index contributed by atoms with van der Waals surface area (Å²) in [5.74, 6) is 0.0913. The number of nitrogens with zero attached hydrogens (tertiary/aromatic N) is 2. The molecule has 76 valence electrons. The number of ketones is 1. The molecule has 0 spiro atoms. The highest BCUT2D eigenvalue weighted by Gasteiger charge is 2.08. The molecule has 0 fully saturated rings. The summed E-state index contributed by atoms with van der Waals surface area (Å²) in [6.07, 6.45) is 4.22. The van der Waals surface area contributed by atoms with Crippen molar-refractivity contribution >= 4 is 11.9 Å². The van der Waals surface area contributed by atoms with Gasteiger partial charge in [-0.3, -0.25) is 4.79 Å². The van der Waals surface area contributed by atoms with Crippen molar-refractivity contribution in [2.75, 3.05) is 0 Å². The van der Waals surface area contributed by atoms with Crippen LogP contribution < -0.4 is 9.67 Å². The van der Waals surface area contributed by atoms with Gasteiger partial charge >= 0.3 is 0 Å². The summed E-state index contributed by atoms with van der Waals surface area (Å²) >= 11 is 0. The molecule has 0 atom stereocenters. The molecule has 1 aromatic heterocycles. The van der Waals surface area contributed by atoms with Crippen LogP contribution >= 0.6 is 0 Å². The van der Waals surface area contributed by atoms with Crippen LogP contribution in [0.2, 0.25) is 0 Å². The average molecular weight is 196 g/mol. The quantitative estimate of drug-likeness (QED) is 0.600. The zero-order valence-electron chi connectivity index (χ0n) is 7.97. The van der Waals surface area contributed by atoms with Crippen molar-refractivity contribution in [1.82, 2.24) is 4.57 Å². The van der Waals surface area contributed by atoms with Crippen LogP contribution in [0, 0.1) is 0 Å². The Morgan fingerprint density at radius 1 is 1.50 bits per heavy atom. The molecule has 0 N–H and O–H groups in total. The zero-order valence-corrected chi connectivity index (χ0v) is 7.97. The third-order valence-corrected chi connectivity index (χ3v) is 1.79. The van der Waals surface area contributed by atoms with Crippen molar-refractivity contribution in [3.05, 3.63) is 18.7 Å². The Bertz CT molecular complexity index is 344. The summed E-state index contributed by atoms with van der Waals surface area (Å²) in [7, 11) is 0. The zero-order chi connectivity index (χ0) is 10.6. The van der Waals surface area contributed by atoms with E-state index in [4.69, 9.17) is 0 Å². The minimum absolute atomic E-state index is 0.0913. The largest absolute Gasteiger partial charge is 0.510 e. The Labute approximate surface area is 81.6 Å². The Kier molecular flexibility index (Phi) is 3.39. The van der Waals surface area contributed by atoms with Crippen molar-refractivity contribution in [3.63, 3.8) is 0 Å². The van der Waals surface area contributed by atoms with Crippen molar-refractivity contribution in [3.8, 4) is 0 Å². The number of imidazole rings is 1. The first-order chi connectivity index (χ1) is 6.63. The van der Waals surface area contributed by atoms with E-state index in [0.29, 0.717) is 6.42 Å². The van der Waals surface area contributed by atoms with Gasteiger partial charge in [-0.15, -0.1) is 0 Å². The fourth-order valence-corrected chi connectivity index (χ4v) is 1.16. The smallest absolute Gasteiger partial charge is 0.250 e. The van der Waals surface area contributed by atoms with E-state index in [1.807, 2.05) is 6.92 Å². The number of carbonyl (C=O) groups excluding carboxylic acids is 2. The second-order valence-electron chi connectivity index (χ2n) is 3.05. The van der Waals surface area contributed by atoms with Crippen LogP contribution in [0.1, 0.15) is 19.8 Å². The lowest BCUT2D eigenvalue weighted by Gasteiger charge is -1.94. The summed E-state index contributed by atoms with van der Waals surface area (Å²) in [5, 5.41) is 10.4. The molecule has 5 heteroatoms. The normalized spacial score (nSPS) is 10.1. The molecule has 0 amide bonds. The van der Waals surface area contributed by atoms with Gasteiger partial charge in [0.2, 0.25) is 12.4 Å². The molecular formula is C9H12N2O3. The standard InChI is InChI=1S/C9H12N2O3/c1-2-3-8(12)6-10-4-5-11(7-10)9(13)14/h4-5,7H,2-3,6H2,1H3. The van der Waals surface area contributed by atoms with Gasteiger partial charge in [0, 0.05) is 6.42 Å². The number of carbonyl (C=O) groups is 2. The molecule has 1 heterocycles. The van der Waals surface area contributed by atoms with Gasteiger partial charge in [-0.05, 0) is 6.42 Å². The van der Waals surface area contributed by atoms with Gasteiger partial charge in [0.05, 0.1) is 0 Å². The lowest BCUT2D eigenvalue weighted by Crippen LogP contribution is -2.50. The van der Waals surface area contributed by atoms with Crippen LogP contribution in [-0.2, 0) is 11.3 Å². The number of aromatic nitrogens is 2. The highest BCUT2D eigenvalue weighted by molar-refractivity contribution is 5.78. The summed E-state index contributed by atoms with van der Waals surface area (Å²) in [4.78, 5) is 21.6. The van der Waals surface area contributed by atoms with Gasteiger partial charge in [-0.25, -0.2) is 4.57 Å². The van der Waals surface area contributed by atoms with E-state index in [9.17, 15) is 14.7 Å². The van der Waals surface area contributed by atoms with E-state index in [2.05, 4.69) is 0 Å². The monoisotopic (exact) mass is 196 g/mol. The molecule has 0 unspecified atom stereocenters. The SMILES string of the molecule is CCCC(=O)Cn1cc[n+](C(=O)[O-])c1. The Hall–Kier alpha value is -1.65. The fraction of sp³-hybridized carbons (Fsp3) is 0.444. The van der Waals surface area contributed by atoms with Crippen molar-refractivity contribution < 1.29 is 19.3 Å². The first-order valence-electron chi connectivity index (χ1n) is 4.43. The number of hydrogen-bond donors (Lipinski definition) is 0. The lowest BCUT2D eigenvalue weighted by atomic mass is 10.2. The maximum atomic E-state index is 11.2. The second kappa shape index (κ2) is 4.55. The third kappa shape index (κ3) is 2.69. The van der Waals surface area contributed by atoms with Crippen LogP contribution in [0.3, 0.4) is 0 Å². The molecule has 0 bridgehead atoms. The molecule has 0 saturated carbocycles. The minimum atomic E-state index is -1.30. The third-order valence-electron chi connectivity index (χ3n) is 1.79. The molecule has 0 saturated heterocycles. The average Bonchev–Trinajstić information content (AvgIpc) is 2.53. The molecule has 5 nitrogen and oxygen atoms in total. The highest BCUT2D eigenvalue weighted by Crippen LogP contribution is 1.93. The summed E-state index contributed by atoms with van der Waals surface area (Å²) in [5.41, 5.74) is 0. The van der Waals surface area contributed by atoms with E-state index in [1.165, 1.54) is 23.3 Å². The molecule has 0 aliphatic carbocycles. The van der Waals surface area contributed by atoms with E-state index in [0.717, 1.165) is 11.0 Å². The first-order valence-corrected chi connectivity index (χ1v) is 4.43. The summed E-state index contributed by atoms with van der Waals surface area (Å²) in [6.45, 7) is 2.14. The number of rotatable bonds is 4. The van der Waals surface area contributed by atoms with Gasteiger partial charge in [0.25, 0.3) is 0 Å². The maximum Gasteiger partial charge on any atom is 0.250 e. The van der Waals surface area contributed by atoms with Crippen LogP contribution in [-0.4, -0.2) is 16.4 Å². The van der Waals surface area contributed by atoms with E-state index in [-0.39, 0.29) is 12.3 Å². The number of hydrogen-bond acceptors (Lipinski definition) is 3. The molecular weight excluding hydrogens is 184 g/mol. The molecule has 0 aliphatic rings. The van der Waals surface area contributed by atoms with Gasteiger partial charge < -0.3 is 9.90 Å². The minimum Gasteiger partial charge on any atom is -0.510 e. The topological polar surface area (TPSA) is 66.0 Å². The van der Waals surface area contributed by atoms with Crippen LogP contribution in [0.5, 0.6) is 0 Å². The van der Waals surface area contributed by atoms with Crippen molar-refractivity contribution in [2.24, 2.45) is 0 Å². The van der Waals surface area contributed by atoms with Gasteiger partial charge in [-0.1, -0.05) is 6.92 Å². The van der Waals surface area contributed by atoms with E-state index < -0.39 is 6.09 Å². The number of carboxylic acid groups (broad SMARTS) is 1. The van der Waals surface area contributed by atoms with Gasteiger partial charge in [-0.2, -0.15) is 4.57 Å². The molecule has 0 aromatic carbocycles. The molecule has 0 radical (unpaired) electrons. The Morgan fingerprint density at radius 3 is 2.71 bits per heavy atom. The highest BCUT2D eigenvalue weighted by atomic mass is 16.4. The Morgan fingerprint density at radius 2 is 2.21 bits per heavy atom. The van der Waals surface area contributed by atoms with Crippen molar-refractivity contribution in [1.29, 1.82) is 0 Å². The lowest BCUT2D eigenvalue weighted by molar-refractivity contribution is -0.630. The summed E-state index contributed by atoms with van der Waals surface area (Å²) in [6, 6.07) is 0. The van der Waals surface area contributed by atoms with Crippen LogP contribution in [0.15, 0.2) is 18.7 Å². The molecule has 0 aliphatic heterocycles. The first kappa shape index (κ1) is 10.4. The van der Waals surface area contributed by atoms with Crippen LogP contribution in [0.4, 0.5) is 4.79 Å².